The highest BCUT2D eigenvalue weighted by molar-refractivity contribution is 7.90. The number of hydrogen-bond acceptors (Lipinski definition) is 8. The van der Waals surface area contributed by atoms with Gasteiger partial charge < -0.3 is 14.4 Å². The number of fused-ring (bicyclic) bond motifs is 2. The highest BCUT2D eigenvalue weighted by Crippen LogP contribution is 2.45. The Labute approximate surface area is 261 Å². The van der Waals surface area contributed by atoms with E-state index in [-0.39, 0.29) is 28.8 Å². The summed E-state index contributed by atoms with van der Waals surface area (Å²) < 4.78 is 41.3. The molecule has 0 saturated carbocycles. The van der Waals surface area contributed by atoms with Gasteiger partial charge in [0, 0.05) is 54.3 Å². The molecule has 2 aromatic carbocycles. The predicted molar refractivity (Wildman–Crippen MR) is 169 cm³/mol. The lowest BCUT2D eigenvalue weighted by Gasteiger charge is -2.27. The molecule has 1 amide bonds. The Balaban J connectivity index is 1.45. The molecule has 0 bridgehead atoms. The van der Waals surface area contributed by atoms with Crippen LogP contribution in [-0.4, -0.2) is 71.6 Å². The lowest BCUT2D eigenvalue weighted by Crippen LogP contribution is -2.41. The monoisotopic (exact) mass is 621 g/mol. The van der Waals surface area contributed by atoms with Gasteiger partial charge in [0.2, 0.25) is 5.91 Å². The van der Waals surface area contributed by atoms with Crippen molar-refractivity contribution in [2.45, 2.75) is 24.2 Å². The molecule has 10 nitrogen and oxygen atoms in total. The first kappa shape index (κ1) is 28.9. The maximum Gasteiger partial charge on any atom is 0.269 e. The summed E-state index contributed by atoms with van der Waals surface area (Å²) in [5, 5.41) is 0.564. The molecule has 228 valence electrons. The number of carbonyl (C=O) groups is 1. The lowest BCUT2D eigenvalue weighted by molar-refractivity contribution is -0.135. The zero-order valence-corrected chi connectivity index (χ0v) is 25.7. The van der Waals surface area contributed by atoms with Gasteiger partial charge >= 0.3 is 0 Å². The number of ether oxygens (including phenoxy) is 2. The molecule has 1 atom stereocenters. The van der Waals surface area contributed by atoms with Crippen molar-refractivity contribution in [3.8, 4) is 17.0 Å². The molecule has 2 aliphatic rings. The standard InChI is InChI=1S/C34H31N5O5S/c1-22-5-8-26(9-6-22)45(41,42)39-31(19-30-33(36-21-37-34(30)39)23-4-3-11-35-20-23)29-16-24(17-32(40)38-12-14-44-15-13-38)27-10-7-25(43-2)18-28(27)29/h3-11,16,18-21,24H,12-15,17H2,1-2H3. The summed E-state index contributed by atoms with van der Waals surface area (Å²) >= 11 is 0. The zero-order chi connectivity index (χ0) is 31.1. The van der Waals surface area contributed by atoms with Gasteiger partial charge in [-0.3, -0.25) is 9.78 Å². The molecule has 5 aromatic rings. The number of rotatable bonds is 7. The predicted octanol–water partition coefficient (Wildman–Crippen LogP) is 4.83. The SMILES string of the molecule is COc1ccc2c(c1)C(c1cc3c(-c4cccnc4)ncnc3n1S(=O)(=O)c1ccc(C)cc1)=CC2CC(=O)N1CCOCC1. The molecule has 3 aromatic heterocycles. The van der Waals surface area contributed by atoms with Crippen molar-refractivity contribution in [2.75, 3.05) is 33.4 Å². The smallest absolute Gasteiger partial charge is 0.269 e. The van der Waals surface area contributed by atoms with Crippen molar-refractivity contribution in [3.63, 3.8) is 0 Å². The van der Waals surface area contributed by atoms with Crippen molar-refractivity contribution >= 4 is 32.5 Å². The average molecular weight is 622 g/mol. The summed E-state index contributed by atoms with van der Waals surface area (Å²) in [5.74, 6) is 0.383. The number of amides is 1. The Morgan fingerprint density at radius 1 is 1.04 bits per heavy atom. The van der Waals surface area contributed by atoms with Crippen LogP contribution in [0, 0.1) is 6.92 Å². The number of morpholine rings is 1. The number of aryl methyl sites for hydroxylation is 1. The maximum atomic E-state index is 14.5. The Kier molecular flexibility index (Phi) is 7.42. The van der Waals surface area contributed by atoms with E-state index in [0.29, 0.717) is 54.4 Å². The van der Waals surface area contributed by atoms with Crippen LogP contribution in [-0.2, 0) is 19.6 Å². The van der Waals surface area contributed by atoms with Crippen LogP contribution in [0.3, 0.4) is 0 Å². The molecule has 0 radical (unpaired) electrons. The van der Waals surface area contributed by atoms with Crippen molar-refractivity contribution < 1.29 is 22.7 Å². The quantitative estimate of drug-likeness (QED) is 0.254. The molecule has 1 fully saturated rings. The minimum atomic E-state index is -4.13. The van der Waals surface area contributed by atoms with Gasteiger partial charge in [-0.25, -0.2) is 22.4 Å². The fourth-order valence-electron chi connectivity index (χ4n) is 6.09. The third-order valence-electron chi connectivity index (χ3n) is 8.40. The second kappa shape index (κ2) is 11.6. The van der Waals surface area contributed by atoms with E-state index in [9.17, 15) is 13.2 Å². The first-order chi connectivity index (χ1) is 21.8. The summed E-state index contributed by atoms with van der Waals surface area (Å²) in [7, 11) is -2.54. The second-order valence-corrected chi connectivity index (χ2v) is 12.9. The highest BCUT2D eigenvalue weighted by Gasteiger charge is 2.34. The van der Waals surface area contributed by atoms with Gasteiger partial charge in [0.15, 0.2) is 5.65 Å². The normalized spacial score (nSPS) is 16.4. The van der Waals surface area contributed by atoms with E-state index < -0.39 is 10.0 Å². The number of carbonyl (C=O) groups excluding carboxylic acids is 1. The third kappa shape index (κ3) is 5.17. The van der Waals surface area contributed by atoms with Crippen LogP contribution in [0.15, 0.2) is 90.4 Å². The number of pyridine rings is 1. The fourth-order valence-corrected chi connectivity index (χ4v) is 7.57. The van der Waals surface area contributed by atoms with Gasteiger partial charge in [0.1, 0.15) is 12.1 Å². The van der Waals surface area contributed by atoms with Crippen LogP contribution < -0.4 is 4.74 Å². The Morgan fingerprint density at radius 2 is 1.84 bits per heavy atom. The minimum Gasteiger partial charge on any atom is -0.497 e. The average Bonchev–Trinajstić information content (AvgIpc) is 3.64. The summed E-state index contributed by atoms with van der Waals surface area (Å²) in [5.41, 5.74) is 5.32. The Bertz CT molecular complexity index is 2050. The van der Waals surface area contributed by atoms with Gasteiger partial charge in [-0.05, 0) is 60.5 Å². The maximum absolute atomic E-state index is 14.5. The van der Waals surface area contributed by atoms with Crippen molar-refractivity contribution in [1.82, 2.24) is 23.8 Å². The lowest BCUT2D eigenvalue weighted by atomic mass is 9.96. The second-order valence-electron chi connectivity index (χ2n) is 11.2. The van der Waals surface area contributed by atoms with Crippen LogP contribution in [0.4, 0.5) is 0 Å². The summed E-state index contributed by atoms with van der Waals surface area (Å²) in [6, 6.07) is 18.0. The van der Waals surface area contributed by atoms with Crippen LogP contribution in [0.2, 0.25) is 0 Å². The molecule has 4 heterocycles. The summed E-state index contributed by atoms with van der Waals surface area (Å²) in [6.45, 7) is 4.05. The number of aromatic nitrogens is 4. The van der Waals surface area contributed by atoms with Crippen molar-refractivity contribution in [3.05, 3.63) is 108 Å². The zero-order valence-electron chi connectivity index (χ0n) is 24.9. The first-order valence-electron chi connectivity index (χ1n) is 14.7. The number of methoxy groups -OCH3 is 1. The summed E-state index contributed by atoms with van der Waals surface area (Å²) in [6.07, 6.45) is 6.98. The molecule has 1 unspecified atom stereocenters. The fraction of sp³-hybridized carbons (Fsp3) is 0.235. The first-order valence-corrected chi connectivity index (χ1v) is 16.1. The van der Waals surface area contributed by atoms with E-state index in [4.69, 9.17) is 9.47 Å². The van der Waals surface area contributed by atoms with E-state index in [1.807, 2.05) is 54.3 Å². The van der Waals surface area contributed by atoms with Gasteiger partial charge in [0.05, 0.1) is 36.6 Å². The minimum absolute atomic E-state index is 0.0279. The van der Waals surface area contributed by atoms with E-state index in [0.717, 1.165) is 22.3 Å². The van der Waals surface area contributed by atoms with Crippen molar-refractivity contribution in [2.24, 2.45) is 0 Å². The van der Waals surface area contributed by atoms with Gasteiger partial charge in [-0.2, -0.15) is 0 Å². The van der Waals surface area contributed by atoms with Crippen LogP contribution in [0.1, 0.15) is 34.7 Å². The molecule has 0 spiro atoms. The van der Waals surface area contributed by atoms with E-state index in [1.54, 1.807) is 43.8 Å². The topological polar surface area (TPSA) is 117 Å². The molecule has 1 aliphatic carbocycles. The molecule has 45 heavy (non-hydrogen) atoms. The number of hydrogen-bond donors (Lipinski definition) is 0. The Hall–Kier alpha value is -4.87. The van der Waals surface area contributed by atoms with Crippen LogP contribution in [0.25, 0.3) is 27.9 Å². The van der Waals surface area contributed by atoms with E-state index in [1.165, 1.54) is 10.3 Å². The molecular formula is C34H31N5O5S. The highest BCUT2D eigenvalue weighted by atomic mass is 32.2. The van der Waals surface area contributed by atoms with E-state index >= 15 is 0 Å². The number of benzene rings is 2. The van der Waals surface area contributed by atoms with Crippen LogP contribution in [0.5, 0.6) is 5.75 Å². The molecule has 7 rings (SSSR count). The molecular weight excluding hydrogens is 590 g/mol. The Morgan fingerprint density at radius 3 is 2.58 bits per heavy atom. The molecule has 1 aliphatic heterocycles. The third-order valence-corrected chi connectivity index (χ3v) is 10.1. The number of allylic oxidation sites excluding steroid dienone is 1. The molecule has 1 saturated heterocycles. The number of nitrogens with zero attached hydrogens (tertiary/aromatic N) is 5. The molecule has 0 N–H and O–H groups in total. The van der Waals surface area contributed by atoms with Gasteiger partial charge in [0.25, 0.3) is 10.0 Å². The van der Waals surface area contributed by atoms with Gasteiger partial charge in [-0.1, -0.05) is 29.8 Å². The summed E-state index contributed by atoms with van der Waals surface area (Å²) in [4.78, 5) is 28.7. The van der Waals surface area contributed by atoms with E-state index in [2.05, 4.69) is 15.0 Å². The van der Waals surface area contributed by atoms with Gasteiger partial charge in [-0.15, -0.1) is 0 Å². The van der Waals surface area contributed by atoms with Crippen LogP contribution >= 0.6 is 0 Å². The molecule has 11 heteroatoms. The van der Waals surface area contributed by atoms with Crippen molar-refractivity contribution in [1.29, 1.82) is 0 Å². The largest absolute Gasteiger partial charge is 0.497 e.